The van der Waals surface area contributed by atoms with Crippen LogP contribution >= 0.6 is 0 Å². The van der Waals surface area contributed by atoms with Crippen molar-refractivity contribution in [1.82, 2.24) is 5.32 Å². The van der Waals surface area contributed by atoms with Crippen LogP contribution in [0.15, 0.2) is 24.3 Å². The highest BCUT2D eigenvalue weighted by Crippen LogP contribution is 2.26. The van der Waals surface area contributed by atoms with Gasteiger partial charge in [0.15, 0.2) is 0 Å². The molecule has 0 amide bonds. The van der Waals surface area contributed by atoms with E-state index in [1.165, 1.54) is 18.4 Å². The SMILES string of the molecule is CCCC(C)CC(CNC(C)(C)C)c1ccc(F)cc1. The second-order valence-electron chi connectivity index (χ2n) is 7.01. The lowest BCUT2D eigenvalue weighted by Gasteiger charge is -2.27. The summed E-state index contributed by atoms with van der Waals surface area (Å²) in [6, 6.07) is 7.01. The van der Waals surface area contributed by atoms with Gasteiger partial charge in [-0.05, 0) is 56.7 Å². The van der Waals surface area contributed by atoms with Crippen molar-refractivity contribution in [1.29, 1.82) is 0 Å². The molecule has 1 nitrogen and oxygen atoms in total. The molecule has 1 aromatic carbocycles. The maximum atomic E-state index is 13.1. The quantitative estimate of drug-likeness (QED) is 0.730. The smallest absolute Gasteiger partial charge is 0.123 e. The molecule has 0 aliphatic heterocycles. The van der Waals surface area contributed by atoms with Gasteiger partial charge in [-0.25, -0.2) is 4.39 Å². The molecule has 20 heavy (non-hydrogen) atoms. The summed E-state index contributed by atoms with van der Waals surface area (Å²) in [7, 11) is 0. The number of halogens is 1. The largest absolute Gasteiger partial charge is 0.311 e. The lowest BCUT2D eigenvalue weighted by Crippen LogP contribution is -2.38. The van der Waals surface area contributed by atoms with E-state index in [1.807, 2.05) is 12.1 Å². The van der Waals surface area contributed by atoms with Crippen molar-refractivity contribution in [3.8, 4) is 0 Å². The molecule has 0 aliphatic rings. The van der Waals surface area contributed by atoms with Gasteiger partial charge >= 0.3 is 0 Å². The van der Waals surface area contributed by atoms with Crippen molar-refractivity contribution >= 4 is 0 Å². The number of hydrogen-bond acceptors (Lipinski definition) is 1. The van der Waals surface area contributed by atoms with Crippen LogP contribution in [0.25, 0.3) is 0 Å². The Kier molecular flexibility index (Phi) is 6.67. The maximum Gasteiger partial charge on any atom is 0.123 e. The van der Waals surface area contributed by atoms with Crippen molar-refractivity contribution < 1.29 is 4.39 Å². The molecule has 1 aromatic rings. The zero-order valence-electron chi connectivity index (χ0n) is 13.7. The monoisotopic (exact) mass is 279 g/mol. The number of benzene rings is 1. The normalized spacial score (nSPS) is 15.1. The second-order valence-corrected chi connectivity index (χ2v) is 7.01. The minimum Gasteiger partial charge on any atom is -0.311 e. The van der Waals surface area contributed by atoms with Crippen LogP contribution in [0.5, 0.6) is 0 Å². The Bertz CT molecular complexity index is 377. The van der Waals surface area contributed by atoms with Crippen molar-refractivity contribution in [2.45, 2.75) is 65.3 Å². The Labute approximate surface area is 124 Å². The summed E-state index contributed by atoms with van der Waals surface area (Å²) in [5.74, 6) is 1.01. The molecule has 0 saturated carbocycles. The zero-order valence-corrected chi connectivity index (χ0v) is 13.7. The van der Waals surface area contributed by atoms with Crippen molar-refractivity contribution in [3.05, 3.63) is 35.6 Å². The average Bonchev–Trinajstić information content (AvgIpc) is 2.35. The fourth-order valence-corrected chi connectivity index (χ4v) is 2.60. The Morgan fingerprint density at radius 3 is 2.25 bits per heavy atom. The Balaban J connectivity index is 2.75. The molecule has 1 N–H and O–H groups in total. The fraction of sp³-hybridized carbons (Fsp3) is 0.667. The summed E-state index contributed by atoms with van der Waals surface area (Å²) >= 11 is 0. The first-order valence-corrected chi connectivity index (χ1v) is 7.82. The first-order chi connectivity index (χ1) is 9.31. The highest BCUT2D eigenvalue weighted by Gasteiger charge is 2.18. The standard InChI is InChI=1S/C18H30FN/c1-6-7-14(2)12-16(13-20-18(3,4)5)15-8-10-17(19)11-9-15/h8-11,14,16,20H,6-7,12-13H2,1-5H3. The predicted molar refractivity (Wildman–Crippen MR) is 85.6 cm³/mol. The molecule has 1 rings (SSSR count). The van der Waals surface area contributed by atoms with E-state index in [4.69, 9.17) is 0 Å². The van der Waals surface area contributed by atoms with Crippen LogP contribution in [0.1, 0.15) is 65.4 Å². The molecule has 0 bridgehead atoms. The van der Waals surface area contributed by atoms with E-state index >= 15 is 0 Å². The van der Waals surface area contributed by atoms with Crippen LogP contribution in [0.2, 0.25) is 0 Å². The summed E-state index contributed by atoms with van der Waals surface area (Å²) in [6.07, 6.45) is 3.64. The first-order valence-electron chi connectivity index (χ1n) is 7.82. The molecular weight excluding hydrogens is 249 g/mol. The van der Waals surface area contributed by atoms with Gasteiger partial charge in [-0.15, -0.1) is 0 Å². The molecule has 2 unspecified atom stereocenters. The number of rotatable bonds is 7. The molecule has 0 aliphatic carbocycles. The number of nitrogens with one attached hydrogen (secondary N) is 1. The van der Waals surface area contributed by atoms with Crippen molar-refractivity contribution in [2.24, 2.45) is 5.92 Å². The lowest BCUT2D eigenvalue weighted by molar-refractivity contribution is 0.366. The van der Waals surface area contributed by atoms with Gasteiger partial charge in [0.05, 0.1) is 0 Å². The van der Waals surface area contributed by atoms with Crippen LogP contribution in [0.3, 0.4) is 0 Å². The predicted octanol–water partition coefficient (Wildman–Crippen LogP) is 5.12. The van der Waals surface area contributed by atoms with E-state index in [0.717, 1.165) is 13.0 Å². The molecule has 0 spiro atoms. The Hall–Kier alpha value is -0.890. The average molecular weight is 279 g/mol. The van der Waals surface area contributed by atoms with Crippen LogP contribution in [-0.4, -0.2) is 12.1 Å². The molecule has 0 heterocycles. The van der Waals surface area contributed by atoms with Gasteiger partial charge in [0.25, 0.3) is 0 Å². The van der Waals surface area contributed by atoms with Crippen molar-refractivity contribution in [2.75, 3.05) is 6.54 Å². The molecule has 0 fully saturated rings. The summed E-state index contributed by atoms with van der Waals surface area (Å²) in [4.78, 5) is 0. The molecule has 114 valence electrons. The Morgan fingerprint density at radius 1 is 1.15 bits per heavy atom. The molecular formula is C18H30FN. The lowest BCUT2D eigenvalue weighted by atomic mass is 9.87. The highest BCUT2D eigenvalue weighted by molar-refractivity contribution is 5.21. The van der Waals surface area contributed by atoms with E-state index in [0.29, 0.717) is 11.8 Å². The Morgan fingerprint density at radius 2 is 1.75 bits per heavy atom. The van der Waals surface area contributed by atoms with Crippen molar-refractivity contribution in [3.63, 3.8) is 0 Å². The molecule has 0 aromatic heterocycles. The van der Waals surface area contributed by atoms with E-state index < -0.39 is 0 Å². The molecule has 0 saturated heterocycles. The maximum absolute atomic E-state index is 13.1. The fourth-order valence-electron chi connectivity index (χ4n) is 2.60. The molecule has 2 heteroatoms. The van der Waals surface area contributed by atoms with Gasteiger partial charge in [-0.1, -0.05) is 38.8 Å². The molecule has 0 radical (unpaired) electrons. The van der Waals surface area contributed by atoms with Crippen LogP contribution in [-0.2, 0) is 0 Å². The third kappa shape index (κ3) is 6.51. The summed E-state index contributed by atoms with van der Waals surface area (Å²) < 4.78 is 13.1. The number of hydrogen-bond donors (Lipinski definition) is 1. The van der Waals surface area contributed by atoms with Gasteiger partial charge in [0.2, 0.25) is 0 Å². The van der Waals surface area contributed by atoms with E-state index in [-0.39, 0.29) is 11.4 Å². The summed E-state index contributed by atoms with van der Waals surface area (Å²) in [5.41, 5.74) is 1.36. The minimum absolute atomic E-state index is 0.117. The third-order valence-corrected chi connectivity index (χ3v) is 3.69. The first kappa shape index (κ1) is 17.2. The van der Waals surface area contributed by atoms with E-state index in [9.17, 15) is 4.39 Å². The van der Waals surface area contributed by atoms with Gasteiger partial charge in [-0.3, -0.25) is 0 Å². The zero-order chi connectivity index (χ0) is 15.2. The van der Waals surface area contributed by atoms with Gasteiger partial charge < -0.3 is 5.32 Å². The van der Waals surface area contributed by atoms with Gasteiger partial charge in [0, 0.05) is 12.1 Å². The summed E-state index contributed by atoms with van der Waals surface area (Å²) in [6.45, 7) is 12.1. The van der Waals surface area contributed by atoms with Gasteiger partial charge in [-0.2, -0.15) is 0 Å². The van der Waals surface area contributed by atoms with E-state index in [1.54, 1.807) is 12.1 Å². The topological polar surface area (TPSA) is 12.0 Å². The minimum atomic E-state index is -0.155. The van der Waals surface area contributed by atoms with Gasteiger partial charge in [0.1, 0.15) is 5.82 Å². The second kappa shape index (κ2) is 7.78. The summed E-state index contributed by atoms with van der Waals surface area (Å²) in [5, 5.41) is 3.59. The third-order valence-electron chi connectivity index (χ3n) is 3.69. The van der Waals surface area contributed by atoms with Crippen LogP contribution in [0.4, 0.5) is 4.39 Å². The van der Waals surface area contributed by atoms with E-state index in [2.05, 4.69) is 39.9 Å². The highest BCUT2D eigenvalue weighted by atomic mass is 19.1. The van der Waals surface area contributed by atoms with Crippen LogP contribution in [0, 0.1) is 11.7 Å². The molecule has 2 atom stereocenters. The van der Waals surface area contributed by atoms with Crippen LogP contribution < -0.4 is 5.32 Å².